The molecule has 1 aromatic rings. The molecule has 2 N–H and O–H groups in total. The van der Waals surface area contributed by atoms with Gasteiger partial charge in [-0.1, -0.05) is 18.2 Å². The largest absolute Gasteiger partial charge is 0.379 e. The van der Waals surface area contributed by atoms with Crippen molar-refractivity contribution in [2.75, 3.05) is 51.3 Å². The molecule has 0 radical (unpaired) electrons. The highest BCUT2D eigenvalue weighted by atomic mass is 35.5. The van der Waals surface area contributed by atoms with E-state index in [1.165, 1.54) is 0 Å². The molecule has 1 aromatic carbocycles. The molecule has 120 valence electrons. The molecule has 0 aliphatic carbocycles. The summed E-state index contributed by atoms with van der Waals surface area (Å²) in [6, 6.07) is 9.73. The topological polar surface area (TPSA) is 53.6 Å². The highest BCUT2D eigenvalue weighted by Crippen LogP contribution is 2.03. The third-order valence-electron chi connectivity index (χ3n) is 3.08. The van der Waals surface area contributed by atoms with E-state index in [4.69, 9.17) is 4.74 Å². The molecule has 0 spiro atoms. The third kappa shape index (κ3) is 8.12. The van der Waals surface area contributed by atoms with E-state index in [1.807, 2.05) is 30.3 Å². The highest BCUT2D eigenvalue weighted by molar-refractivity contribution is 5.85. The normalized spacial score (nSPS) is 14.5. The molecule has 0 saturated carbocycles. The van der Waals surface area contributed by atoms with Gasteiger partial charge in [0.25, 0.3) is 0 Å². The van der Waals surface area contributed by atoms with Gasteiger partial charge in [0.2, 0.25) is 5.91 Å². The van der Waals surface area contributed by atoms with Crippen molar-refractivity contribution in [2.24, 2.45) is 0 Å². The van der Waals surface area contributed by atoms with E-state index in [9.17, 15) is 4.79 Å². The lowest BCUT2D eigenvalue weighted by Gasteiger charge is -2.26. The van der Waals surface area contributed by atoms with Crippen LogP contribution in [0.4, 0.5) is 5.69 Å². The molecule has 21 heavy (non-hydrogen) atoms. The Kier molecular flexibility index (Phi) is 11.1. The van der Waals surface area contributed by atoms with Crippen LogP contribution in [0.5, 0.6) is 0 Å². The number of carbonyl (C=O) groups is 1. The first-order valence-corrected chi connectivity index (χ1v) is 6.70. The van der Waals surface area contributed by atoms with E-state index in [0.29, 0.717) is 13.1 Å². The smallest absolute Gasteiger partial charge is 0.239 e. The predicted molar refractivity (Wildman–Crippen MR) is 89.7 cm³/mol. The molecule has 1 aliphatic heterocycles. The van der Waals surface area contributed by atoms with Crippen LogP contribution in [0.2, 0.25) is 0 Å². The van der Waals surface area contributed by atoms with Crippen molar-refractivity contribution in [3.05, 3.63) is 30.3 Å². The molecule has 0 atom stereocenters. The summed E-state index contributed by atoms with van der Waals surface area (Å²) in [5, 5.41) is 6.00. The number of rotatable bonds is 6. The maximum Gasteiger partial charge on any atom is 0.239 e. The van der Waals surface area contributed by atoms with Crippen LogP contribution in [0.25, 0.3) is 0 Å². The van der Waals surface area contributed by atoms with Gasteiger partial charge in [0.05, 0.1) is 19.8 Å². The predicted octanol–water partition coefficient (Wildman–Crippen LogP) is 1.39. The number of hydrogen-bond donors (Lipinski definition) is 2. The second-order valence-corrected chi connectivity index (χ2v) is 4.52. The summed E-state index contributed by atoms with van der Waals surface area (Å²) in [6.07, 6.45) is 0. The summed E-state index contributed by atoms with van der Waals surface area (Å²) in [4.78, 5) is 13.9. The number of morpholine rings is 1. The molecule has 1 fully saturated rings. The standard InChI is InChI=1S/C14H21N3O2.2ClH/c18-14(12-16-13-4-2-1-3-5-13)15-6-7-17-8-10-19-11-9-17;;/h1-5,16H,6-12H2,(H,15,18);2*1H. The molecule has 7 heteroatoms. The summed E-state index contributed by atoms with van der Waals surface area (Å²) in [5.41, 5.74) is 0.964. The quantitative estimate of drug-likeness (QED) is 0.824. The number of nitrogens with zero attached hydrogens (tertiary/aromatic N) is 1. The van der Waals surface area contributed by atoms with Crippen LogP contribution in [0.3, 0.4) is 0 Å². The van der Waals surface area contributed by atoms with E-state index < -0.39 is 0 Å². The number of halogens is 2. The fraction of sp³-hybridized carbons (Fsp3) is 0.500. The number of anilines is 1. The van der Waals surface area contributed by atoms with Gasteiger partial charge in [-0.3, -0.25) is 9.69 Å². The maximum absolute atomic E-state index is 11.6. The Bertz CT molecular complexity index is 387. The van der Waals surface area contributed by atoms with Crippen LogP contribution in [-0.2, 0) is 9.53 Å². The Labute approximate surface area is 138 Å². The fourth-order valence-corrected chi connectivity index (χ4v) is 1.98. The Morgan fingerprint density at radius 1 is 1.14 bits per heavy atom. The average Bonchev–Trinajstić information content (AvgIpc) is 2.47. The molecule has 0 bridgehead atoms. The SMILES string of the molecule is Cl.Cl.O=C(CNc1ccccc1)NCCN1CCOCC1. The van der Waals surface area contributed by atoms with E-state index >= 15 is 0 Å². The minimum Gasteiger partial charge on any atom is -0.379 e. The molecule has 1 saturated heterocycles. The van der Waals surface area contributed by atoms with Crippen molar-refractivity contribution in [3.63, 3.8) is 0 Å². The van der Waals surface area contributed by atoms with Gasteiger partial charge in [-0.25, -0.2) is 0 Å². The molecule has 1 aliphatic rings. The van der Waals surface area contributed by atoms with Gasteiger partial charge in [0, 0.05) is 31.9 Å². The lowest BCUT2D eigenvalue weighted by atomic mass is 10.3. The first-order chi connectivity index (χ1) is 9.34. The minimum absolute atomic E-state index is 0. The van der Waals surface area contributed by atoms with Crippen molar-refractivity contribution in [1.82, 2.24) is 10.2 Å². The number of hydrogen-bond acceptors (Lipinski definition) is 4. The van der Waals surface area contributed by atoms with E-state index in [1.54, 1.807) is 0 Å². The summed E-state index contributed by atoms with van der Waals surface area (Å²) >= 11 is 0. The summed E-state index contributed by atoms with van der Waals surface area (Å²) in [6.45, 7) is 5.39. The lowest BCUT2D eigenvalue weighted by Crippen LogP contribution is -2.42. The molecule has 5 nitrogen and oxygen atoms in total. The molecular formula is C14H23Cl2N3O2. The molecule has 0 aromatic heterocycles. The second-order valence-electron chi connectivity index (χ2n) is 4.52. The van der Waals surface area contributed by atoms with E-state index in [2.05, 4.69) is 15.5 Å². The van der Waals surface area contributed by atoms with E-state index in [0.717, 1.165) is 38.5 Å². The zero-order valence-electron chi connectivity index (χ0n) is 11.9. The highest BCUT2D eigenvalue weighted by Gasteiger charge is 2.09. The Balaban J connectivity index is 0.00000200. The molecule has 2 rings (SSSR count). The second kappa shape index (κ2) is 11.6. The number of nitrogens with one attached hydrogen (secondary N) is 2. The average molecular weight is 336 g/mol. The van der Waals surface area contributed by atoms with Crippen molar-refractivity contribution in [2.45, 2.75) is 0 Å². The van der Waals surface area contributed by atoms with Gasteiger partial charge in [-0.15, -0.1) is 24.8 Å². The van der Waals surface area contributed by atoms with Gasteiger partial charge >= 0.3 is 0 Å². The molecule has 0 unspecified atom stereocenters. The first kappa shape index (κ1) is 20.0. The third-order valence-corrected chi connectivity index (χ3v) is 3.08. The van der Waals surface area contributed by atoms with E-state index in [-0.39, 0.29) is 30.7 Å². The number of para-hydroxylation sites is 1. The molecule has 1 heterocycles. The lowest BCUT2D eigenvalue weighted by molar-refractivity contribution is -0.119. The van der Waals surface area contributed by atoms with Crippen LogP contribution in [-0.4, -0.2) is 56.7 Å². The van der Waals surface area contributed by atoms with Crippen molar-refractivity contribution < 1.29 is 9.53 Å². The Hall–Kier alpha value is -1.01. The Morgan fingerprint density at radius 2 is 1.81 bits per heavy atom. The zero-order chi connectivity index (χ0) is 13.3. The van der Waals surface area contributed by atoms with Crippen LogP contribution in [0.15, 0.2) is 30.3 Å². The summed E-state index contributed by atoms with van der Waals surface area (Å²) in [7, 11) is 0. The van der Waals surface area contributed by atoms with Gasteiger partial charge in [-0.05, 0) is 12.1 Å². The Morgan fingerprint density at radius 3 is 2.48 bits per heavy atom. The molecule has 1 amide bonds. The monoisotopic (exact) mass is 335 g/mol. The van der Waals surface area contributed by atoms with Crippen LogP contribution < -0.4 is 10.6 Å². The fourth-order valence-electron chi connectivity index (χ4n) is 1.98. The van der Waals surface area contributed by atoms with Gasteiger partial charge < -0.3 is 15.4 Å². The maximum atomic E-state index is 11.6. The molecular weight excluding hydrogens is 313 g/mol. The van der Waals surface area contributed by atoms with Crippen LogP contribution in [0.1, 0.15) is 0 Å². The number of carbonyl (C=O) groups excluding carboxylic acids is 1. The first-order valence-electron chi connectivity index (χ1n) is 6.70. The number of ether oxygens (including phenoxy) is 1. The number of benzene rings is 1. The van der Waals surface area contributed by atoms with Crippen molar-refractivity contribution in [1.29, 1.82) is 0 Å². The van der Waals surface area contributed by atoms with Gasteiger partial charge in [0.15, 0.2) is 0 Å². The summed E-state index contributed by atoms with van der Waals surface area (Å²) < 4.78 is 5.28. The van der Waals surface area contributed by atoms with Crippen molar-refractivity contribution >= 4 is 36.4 Å². The summed E-state index contributed by atoms with van der Waals surface area (Å²) in [5.74, 6) is 0.0251. The van der Waals surface area contributed by atoms with Gasteiger partial charge in [-0.2, -0.15) is 0 Å². The van der Waals surface area contributed by atoms with Gasteiger partial charge in [0.1, 0.15) is 0 Å². The zero-order valence-corrected chi connectivity index (χ0v) is 13.5. The van der Waals surface area contributed by atoms with Crippen LogP contribution in [0, 0.1) is 0 Å². The number of amides is 1. The minimum atomic E-state index is 0. The van der Waals surface area contributed by atoms with Crippen molar-refractivity contribution in [3.8, 4) is 0 Å². The van der Waals surface area contributed by atoms with Crippen LogP contribution >= 0.6 is 24.8 Å².